The standard InChI is InChI=1S/C7H4ClF4N/c8-2-4-1-6(9)5(3-13-4)7(10,11)12/h1,3H,2H2. The largest absolute Gasteiger partial charge is 0.420 e. The SMILES string of the molecule is Fc1cc(CCl)ncc1C(F)(F)F. The second-order valence-electron chi connectivity index (χ2n) is 2.29. The average Bonchev–Trinajstić information content (AvgIpc) is 2.01. The maximum absolute atomic E-state index is 12.7. The number of rotatable bonds is 1. The number of halogens is 5. The Morgan fingerprint density at radius 1 is 1.38 bits per heavy atom. The molecule has 6 heteroatoms. The second kappa shape index (κ2) is 3.49. The predicted molar refractivity (Wildman–Crippen MR) is 38.8 cm³/mol. The summed E-state index contributed by atoms with van der Waals surface area (Å²) < 4.78 is 48.6. The summed E-state index contributed by atoms with van der Waals surface area (Å²) in [4.78, 5) is 3.33. The fourth-order valence-corrected chi connectivity index (χ4v) is 0.898. The highest BCUT2D eigenvalue weighted by atomic mass is 35.5. The number of hydrogen-bond donors (Lipinski definition) is 0. The quantitative estimate of drug-likeness (QED) is 0.516. The number of pyridine rings is 1. The van der Waals surface area contributed by atoms with Crippen molar-refractivity contribution in [2.75, 3.05) is 0 Å². The van der Waals surface area contributed by atoms with E-state index in [0.29, 0.717) is 12.3 Å². The molecule has 1 aromatic rings. The monoisotopic (exact) mass is 213 g/mol. The molecule has 0 amide bonds. The van der Waals surface area contributed by atoms with E-state index in [9.17, 15) is 17.6 Å². The van der Waals surface area contributed by atoms with E-state index < -0.39 is 17.6 Å². The first kappa shape index (κ1) is 10.2. The van der Waals surface area contributed by atoms with E-state index in [-0.39, 0.29) is 11.6 Å². The van der Waals surface area contributed by atoms with Crippen LogP contribution < -0.4 is 0 Å². The molecule has 0 radical (unpaired) electrons. The molecule has 13 heavy (non-hydrogen) atoms. The predicted octanol–water partition coefficient (Wildman–Crippen LogP) is 2.98. The van der Waals surface area contributed by atoms with Crippen molar-refractivity contribution >= 4 is 11.6 Å². The van der Waals surface area contributed by atoms with Gasteiger partial charge in [0.1, 0.15) is 11.4 Å². The fourth-order valence-electron chi connectivity index (χ4n) is 0.752. The number of aromatic nitrogens is 1. The molecule has 0 bridgehead atoms. The molecule has 0 fully saturated rings. The van der Waals surface area contributed by atoms with Crippen molar-refractivity contribution < 1.29 is 17.6 Å². The van der Waals surface area contributed by atoms with Crippen molar-refractivity contribution in [3.8, 4) is 0 Å². The van der Waals surface area contributed by atoms with Gasteiger partial charge in [-0.1, -0.05) is 0 Å². The molecule has 72 valence electrons. The average molecular weight is 214 g/mol. The van der Waals surface area contributed by atoms with Crippen molar-refractivity contribution in [2.45, 2.75) is 12.1 Å². The summed E-state index contributed by atoms with van der Waals surface area (Å²) in [5, 5.41) is 0. The Morgan fingerprint density at radius 3 is 2.38 bits per heavy atom. The van der Waals surface area contributed by atoms with Gasteiger partial charge in [0, 0.05) is 6.20 Å². The Balaban J connectivity index is 3.13. The van der Waals surface area contributed by atoms with Crippen LogP contribution in [-0.4, -0.2) is 4.98 Å². The maximum atomic E-state index is 12.7. The summed E-state index contributed by atoms with van der Waals surface area (Å²) in [5.41, 5.74) is -1.30. The highest BCUT2D eigenvalue weighted by Gasteiger charge is 2.34. The summed E-state index contributed by atoms with van der Waals surface area (Å²) >= 11 is 5.26. The summed E-state index contributed by atoms with van der Waals surface area (Å²) in [6.07, 6.45) is -4.27. The molecule has 0 aliphatic heterocycles. The van der Waals surface area contributed by atoms with Crippen LogP contribution in [0.3, 0.4) is 0 Å². The van der Waals surface area contributed by atoms with E-state index >= 15 is 0 Å². The first-order chi connectivity index (χ1) is 5.95. The molecule has 0 saturated carbocycles. The summed E-state index contributed by atoms with van der Waals surface area (Å²) in [5.74, 6) is -1.46. The lowest BCUT2D eigenvalue weighted by atomic mass is 10.2. The van der Waals surface area contributed by atoms with Crippen LogP contribution in [0.2, 0.25) is 0 Å². The van der Waals surface area contributed by atoms with Crippen LogP contribution in [0.1, 0.15) is 11.3 Å². The zero-order valence-electron chi connectivity index (χ0n) is 6.20. The van der Waals surface area contributed by atoms with Gasteiger partial charge in [-0.25, -0.2) is 4.39 Å². The van der Waals surface area contributed by atoms with Crippen molar-refractivity contribution in [1.82, 2.24) is 4.98 Å². The minimum absolute atomic E-state index is 0.0761. The molecule has 0 N–H and O–H groups in total. The molecule has 0 saturated heterocycles. The molecular weight excluding hydrogens is 210 g/mol. The van der Waals surface area contributed by atoms with Crippen LogP contribution in [0.5, 0.6) is 0 Å². The maximum Gasteiger partial charge on any atom is 0.420 e. The van der Waals surface area contributed by atoms with Crippen molar-refractivity contribution in [3.05, 3.63) is 29.3 Å². The third-order valence-corrected chi connectivity index (χ3v) is 1.63. The molecule has 1 nitrogen and oxygen atoms in total. The van der Waals surface area contributed by atoms with Crippen LogP contribution >= 0.6 is 11.6 Å². The summed E-state index contributed by atoms with van der Waals surface area (Å²) in [6, 6.07) is 0.676. The van der Waals surface area contributed by atoms with Gasteiger partial charge in [-0.3, -0.25) is 4.98 Å². The summed E-state index contributed by atoms with van der Waals surface area (Å²) in [7, 11) is 0. The van der Waals surface area contributed by atoms with Gasteiger partial charge in [0.2, 0.25) is 0 Å². The molecule has 1 heterocycles. The Kier molecular flexibility index (Phi) is 2.75. The lowest BCUT2D eigenvalue weighted by molar-refractivity contribution is -0.140. The van der Waals surface area contributed by atoms with Crippen molar-refractivity contribution in [1.29, 1.82) is 0 Å². The molecular formula is C7H4ClF4N. The normalized spacial score (nSPS) is 11.8. The minimum atomic E-state index is -4.71. The molecule has 0 spiro atoms. The molecule has 0 unspecified atom stereocenters. The number of alkyl halides is 4. The minimum Gasteiger partial charge on any atom is -0.259 e. The topological polar surface area (TPSA) is 12.9 Å². The summed E-state index contributed by atoms with van der Waals surface area (Å²) in [6.45, 7) is 0. The van der Waals surface area contributed by atoms with Crippen LogP contribution in [0, 0.1) is 5.82 Å². The Hall–Kier alpha value is -0.840. The van der Waals surface area contributed by atoms with Gasteiger partial charge in [0.15, 0.2) is 0 Å². The van der Waals surface area contributed by atoms with Gasteiger partial charge in [0.05, 0.1) is 11.6 Å². The smallest absolute Gasteiger partial charge is 0.259 e. The molecule has 0 aliphatic carbocycles. The highest BCUT2D eigenvalue weighted by molar-refractivity contribution is 6.16. The van der Waals surface area contributed by atoms with Crippen LogP contribution in [0.4, 0.5) is 17.6 Å². The third-order valence-electron chi connectivity index (χ3n) is 1.35. The van der Waals surface area contributed by atoms with E-state index in [2.05, 4.69) is 4.98 Å². The Morgan fingerprint density at radius 2 is 2.00 bits per heavy atom. The zero-order valence-corrected chi connectivity index (χ0v) is 6.95. The van der Waals surface area contributed by atoms with Gasteiger partial charge < -0.3 is 0 Å². The van der Waals surface area contributed by atoms with Gasteiger partial charge in [-0.2, -0.15) is 13.2 Å². The first-order valence-electron chi connectivity index (χ1n) is 3.22. The second-order valence-corrected chi connectivity index (χ2v) is 2.55. The van der Waals surface area contributed by atoms with E-state index in [1.807, 2.05) is 0 Å². The van der Waals surface area contributed by atoms with E-state index in [4.69, 9.17) is 11.6 Å². The van der Waals surface area contributed by atoms with E-state index in [1.165, 1.54) is 0 Å². The van der Waals surface area contributed by atoms with E-state index in [0.717, 1.165) is 0 Å². The first-order valence-corrected chi connectivity index (χ1v) is 3.76. The third kappa shape index (κ3) is 2.30. The lowest BCUT2D eigenvalue weighted by Crippen LogP contribution is -2.09. The van der Waals surface area contributed by atoms with Gasteiger partial charge in [0.25, 0.3) is 0 Å². The van der Waals surface area contributed by atoms with Gasteiger partial charge >= 0.3 is 6.18 Å². The number of nitrogens with zero attached hydrogens (tertiary/aromatic N) is 1. The molecule has 1 rings (SSSR count). The van der Waals surface area contributed by atoms with Crippen molar-refractivity contribution in [3.63, 3.8) is 0 Å². The van der Waals surface area contributed by atoms with Crippen LogP contribution in [0.25, 0.3) is 0 Å². The van der Waals surface area contributed by atoms with Crippen LogP contribution in [0.15, 0.2) is 12.3 Å². The zero-order chi connectivity index (χ0) is 10.1. The van der Waals surface area contributed by atoms with Crippen LogP contribution in [-0.2, 0) is 12.1 Å². The van der Waals surface area contributed by atoms with Gasteiger partial charge in [-0.15, -0.1) is 11.6 Å². The Labute approximate surface area is 76.3 Å². The molecule has 1 aromatic heterocycles. The van der Waals surface area contributed by atoms with E-state index in [1.54, 1.807) is 0 Å². The molecule has 0 aliphatic rings. The fraction of sp³-hybridized carbons (Fsp3) is 0.286. The Bertz CT molecular complexity index is 310. The molecule has 0 atom stereocenters. The molecule has 0 aromatic carbocycles. The number of hydrogen-bond acceptors (Lipinski definition) is 1. The lowest BCUT2D eigenvalue weighted by Gasteiger charge is -2.07. The highest BCUT2D eigenvalue weighted by Crippen LogP contribution is 2.30. The van der Waals surface area contributed by atoms with Crippen molar-refractivity contribution in [2.24, 2.45) is 0 Å². The van der Waals surface area contributed by atoms with Gasteiger partial charge in [-0.05, 0) is 6.07 Å².